The summed E-state index contributed by atoms with van der Waals surface area (Å²) in [6.45, 7) is 2.22. The third kappa shape index (κ3) is 4.42. The van der Waals surface area contributed by atoms with Gasteiger partial charge < -0.3 is 10.1 Å². The number of amides is 1. The van der Waals surface area contributed by atoms with Gasteiger partial charge in [-0.15, -0.1) is 11.3 Å². The molecule has 0 radical (unpaired) electrons. The van der Waals surface area contributed by atoms with Crippen LogP contribution in [0.15, 0.2) is 54.6 Å². The first kappa shape index (κ1) is 17.1. The zero-order chi connectivity index (χ0) is 17.6. The van der Waals surface area contributed by atoms with E-state index in [9.17, 15) is 9.18 Å². The lowest BCUT2D eigenvalue weighted by Gasteiger charge is -2.05. The number of hydrogen-bond donors (Lipinski definition) is 1. The molecule has 1 heterocycles. The van der Waals surface area contributed by atoms with Crippen LogP contribution in [0.5, 0.6) is 5.75 Å². The number of nitrogens with one attached hydrogen (secondary N) is 1. The molecule has 3 rings (SSSR count). The Morgan fingerprint density at radius 1 is 1.16 bits per heavy atom. The summed E-state index contributed by atoms with van der Waals surface area (Å²) in [5.74, 6) is 0.158. The molecule has 0 spiro atoms. The fraction of sp³-hybridized carbons (Fsp3) is 0.158. The molecule has 0 aliphatic heterocycles. The van der Waals surface area contributed by atoms with E-state index < -0.39 is 0 Å². The van der Waals surface area contributed by atoms with Gasteiger partial charge in [0.2, 0.25) is 0 Å². The summed E-state index contributed by atoms with van der Waals surface area (Å²) in [7, 11) is 0. The smallest absolute Gasteiger partial charge is 0.263 e. The molecular formula is C19H17FN2O2S. The maximum atomic E-state index is 13.6. The molecule has 0 unspecified atom stereocenters. The highest BCUT2D eigenvalue weighted by Gasteiger charge is 2.16. The molecule has 6 heteroatoms. The van der Waals surface area contributed by atoms with Crippen LogP contribution >= 0.6 is 11.3 Å². The molecule has 1 N–H and O–H groups in total. The Morgan fingerprint density at radius 3 is 2.64 bits per heavy atom. The van der Waals surface area contributed by atoms with Crippen LogP contribution in [-0.2, 0) is 13.2 Å². The summed E-state index contributed by atoms with van der Waals surface area (Å²) < 4.78 is 19.3. The van der Waals surface area contributed by atoms with Crippen LogP contribution in [0.4, 0.5) is 4.39 Å². The maximum absolute atomic E-state index is 13.6. The molecule has 0 atom stereocenters. The molecule has 0 aliphatic carbocycles. The SMILES string of the molecule is Cc1nc(COc2ccccc2)sc1C(=O)NCc1ccccc1F. The Morgan fingerprint density at radius 2 is 1.88 bits per heavy atom. The molecule has 4 nitrogen and oxygen atoms in total. The summed E-state index contributed by atoms with van der Waals surface area (Å²) in [5, 5.41) is 3.45. The minimum Gasteiger partial charge on any atom is -0.486 e. The number of aromatic nitrogens is 1. The van der Waals surface area contributed by atoms with E-state index in [0.29, 0.717) is 22.7 Å². The van der Waals surface area contributed by atoms with Crippen LogP contribution in [0.2, 0.25) is 0 Å². The summed E-state index contributed by atoms with van der Waals surface area (Å²) in [6.07, 6.45) is 0. The monoisotopic (exact) mass is 356 g/mol. The third-order valence-electron chi connectivity index (χ3n) is 3.55. The number of nitrogens with zero attached hydrogens (tertiary/aromatic N) is 1. The summed E-state index contributed by atoms with van der Waals surface area (Å²) in [6, 6.07) is 15.8. The summed E-state index contributed by atoms with van der Waals surface area (Å²) in [4.78, 5) is 17.2. The molecule has 0 saturated heterocycles. The molecule has 0 aliphatic rings. The zero-order valence-electron chi connectivity index (χ0n) is 13.7. The fourth-order valence-corrected chi connectivity index (χ4v) is 3.18. The first-order valence-electron chi connectivity index (χ1n) is 7.79. The number of aryl methyl sites for hydroxylation is 1. The van der Waals surface area contributed by atoms with Crippen LogP contribution in [0.3, 0.4) is 0 Å². The van der Waals surface area contributed by atoms with Gasteiger partial charge >= 0.3 is 0 Å². The molecule has 0 bridgehead atoms. The first-order chi connectivity index (χ1) is 12.1. The lowest BCUT2D eigenvalue weighted by atomic mass is 10.2. The van der Waals surface area contributed by atoms with Gasteiger partial charge in [-0.2, -0.15) is 0 Å². The van der Waals surface area contributed by atoms with Gasteiger partial charge in [-0.05, 0) is 25.1 Å². The highest BCUT2D eigenvalue weighted by molar-refractivity contribution is 7.13. The molecule has 25 heavy (non-hydrogen) atoms. The predicted octanol–water partition coefficient (Wildman–Crippen LogP) is 4.10. The van der Waals surface area contributed by atoms with Crippen LogP contribution in [-0.4, -0.2) is 10.9 Å². The standard InChI is InChI=1S/C19H17FN2O2S/c1-13-18(19(23)21-11-14-7-5-6-10-16(14)20)25-17(22-13)12-24-15-8-3-2-4-9-15/h2-10H,11-12H2,1H3,(H,21,23). The number of ether oxygens (including phenoxy) is 1. The molecule has 0 fully saturated rings. The average molecular weight is 356 g/mol. The van der Waals surface area contributed by atoms with Gasteiger partial charge in [-0.3, -0.25) is 4.79 Å². The van der Waals surface area contributed by atoms with Crippen molar-refractivity contribution in [1.82, 2.24) is 10.3 Å². The average Bonchev–Trinajstić information content (AvgIpc) is 3.01. The van der Waals surface area contributed by atoms with Crippen molar-refractivity contribution in [3.05, 3.63) is 81.6 Å². The van der Waals surface area contributed by atoms with Crippen LogP contribution < -0.4 is 10.1 Å². The van der Waals surface area contributed by atoms with E-state index in [1.54, 1.807) is 25.1 Å². The summed E-state index contributed by atoms with van der Waals surface area (Å²) in [5.41, 5.74) is 1.09. The largest absolute Gasteiger partial charge is 0.486 e. The van der Waals surface area contributed by atoms with E-state index in [1.807, 2.05) is 30.3 Å². The first-order valence-corrected chi connectivity index (χ1v) is 8.61. The number of para-hydroxylation sites is 1. The van der Waals surface area contributed by atoms with Gasteiger partial charge in [0.15, 0.2) is 0 Å². The van der Waals surface area contributed by atoms with Gasteiger partial charge in [-0.25, -0.2) is 9.37 Å². The fourth-order valence-electron chi connectivity index (χ4n) is 2.28. The summed E-state index contributed by atoms with van der Waals surface area (Å²) >= 11 is 1.28. The normalized spacial score (nSPS) is 10.5. The van der Waals surface area contributed by atoms with E-state index in [2.05, 4.69) is 10.3 Å². The van der Waals surface area contributed by atoms with Gasteiger partial charge in [0.05, 0.1) is 5.69 Å². The lowest BCUT2D eigenvalue weighted by Crippen LogP contribution is -2.23. The lowest BCUT2D eigenvalue weighted by molar-refractivity contribution is 0.0954. The topological polar surface area (TPSA) is 51.2 Å². The van der Waals surface area contributed by atoms with Crippen LogP contribution in [0.25, 0.3) is 0 Å². The minimum atomic E-state index is -0.333. The van der Waals surface area contributed by atoms with Crippen molar-refractivity contribution < 1.29 is 13.9 Å². The van der Waals surface area contributed by atoms with E-state index in [1.165, 1.54) is 17.4 Å². The highest BCUT2D eigenvalue weighted by Crippen LogP contribution is 2.20. The molecular weight excluding hydrogens is 339 g/mol. The number of hydrogen-bond acceptors (Lipinski definition) is 4. The molecule has 1 aromatic heterocycles. The Balaban J connectivity index is 1.61. The van der Waals surface area contributed by atoms with Crippen molar-refractivity contribution in [3.8, 4) is 5.75 Å². The number of benzene rings is 2. The quantitative estimate of drug-likeness (QED) is 0.723. The van der Waals surface area contributed by atoms with Gasteiger partial charge in [0.1, 0.15) is 28.1 Å². The number of carbonyl (C=O) groups excluding carboxylic acids is 1. The van der Waals surface area contributed by atoms with E-state index in [-0.39, 0.29) is 18.3 Å². The predicted molar refractivity (Wildman–Crippen MR) is 95.2 cm³/mol. The number of rotatable bonds is 6. The molecule has 128 valence electrons. The van der Waals surface area contributed by atoms with E-state index in [0.717, 1.165) is 10.8 Å². The molecule has 1 amide bonds. The van der Waals surface area contributed by atoms with Crippen molar-refractivity contribution in [2.45, 2.75) is 20.1 Å². The van der Waals surface area contributed by atoms with Crippen molar-refractivity contribution in [2.24, 2.45) is 0 Å². The van der Waals surface area contributed by atoms with Crippen molar-refractivity contribution >= 4 is 17.2 Å². The molecule has 3 aromatic rings. The zero-order valence-corrected chi connectivity index (χ0v) is 14.5. The van der Waals surface area contributed by atoms with E-state index >= 15 is 0 Å². The second-order valence-corrected chi connectivity index (χ2v) is 6.48. The van der Waals surface area contributed by atoms with Crippen molar-refractivity contribution in [3.63, 3.8) is 0 Å². The van der Waals surface area contributed by atoms with Crippen molar-refractivity contribution in [1.29, 1.82) is 0 Å². The maximum Gasteiger partial charge on any atom is 0.263 e. The van der Waals surface area contributed by atoms with Gasteiger partial charge in [0, 0.05) is 12.1 Å². The van der Waals surface area contributed by atoms with Crippen LogP contribution in [0, 0.1) is 12.7 Å². The Labute approximate surface area is 149 Å². The Kier molecular flexibility index (Phi) is 5.40. The second-order valence-electron chi connectivity index (χ2n) is 5.40. The molecule has 0 saturated carbocycles. The van der Waals surface area contributed by atoms with Crippen molar-refractivity contribution in [2.75, 3.05) is 0 Å². The number of thiazole rings is 1. The number of halogens is 1. The van der Waals surface area contributed by atoms with Gasteiger partial charge in [-0.1, -0.05) is 36.4 Å². The highest BCUT2D eigenvalue weighted by atomic mass is 32.1. The Hall–Kier alpha value is -2.73. The van der Waals surface area contributed by atoms with Crippen LogP contribution in [0.1, 0.15) is 25.9 Å². The number of carbonyl (C=O) groups is 1. The third-order valence-corrected chi connectivity index (χ3v) is 4.68. The van der Waals surface area contributed by atoms with Gasteiger partial charge in [0.25, 0.3) is 5.91 Å². The Bertz CT molecular complexity index is 865. The van der Waals surface area contributed by atoms with E-state index in [4.69, 9.17) is 4.74 Å². The minimum absolute atomic E-state index is 0.138. The second kappa shape index (κ2) is 7.90. The molecule has 2 aromatic carbocycles.